The maximum Gasteiger partial charge on any atom is 0.337 e. The molecular weight excluding hydrogens is 426 g/mol. The molecule has 0 aliphatic rings. The van der Waals surface area contributed by atoms with E-state index in [0.717, 1.165) is 5.56 Å². The number of carbonyl (C=O) groups excluding carboxylic acids is 1. The fourth-order valence-electron chi connectivity index (χ4n) is 3.13. The monoisotopic (exact) mass is 447 g/mol. The third-order valence-electron chi connectivity index (χ3n) is 4.71. The summed E-state index contributed by atoms with van der Waals surface area (Å²) in [6, 6.07) is 17.8. The molecule has 7 nitrogen and oxygen atoms in total. The molecule has 2 aromatic carbocycles. The van der Waals surface area contributed by atoms with E-state index in [0.29, 0.717) is 45.5 Å². The number of carbonyl (C=O) groups is 1. The largest absolute Gasteiger partial charge is 0.493 e. The Bertz CT molecular complexity index is 1320. The van der Waals surface area contributed by atoms with Crippen LogP contribution >= 0.6 is 11.8 Å². The van der Waals surface area contributed by atoms with Gasteiger partial charge in [0.25, 0.3) is 5.56 Å². The number of aryl methyl sites for hydroxylation is 1. The molecule has 0 aliphatic heterocycles. The third-order valence-corrected chi connectivity index (χ3v) is 5.61. The van der Waals surface area contributed by atoms with Gasteiger partial charge in [-0.3, -0.25) is 4.79 Å². The van der Waals surface area contributed by atoms with E-state index in [9.17, 15) is 9.59 Å². The van der Waals surface area contributed by atoms with Crippen LogP contribution in [-0.4, -0.2) is 40.0 Å². The number of benzene rings is 2. The summed E-state index contributed by atoms with van der Waals surface area (Å²) in [5, 5.41) is 1.08. The summed E-state index contributed by atoms with van der Waals surface area (Å²) in [6.45, 7) is 2.31. The second-order valence-electron chi connectivity index (χ2n) is 6.96. The predicted molar refractivity (Wildman–Crippen MR) is 124 cm³/mol. The van der Waals surface area contributed by atoms with Gasteiger partial charge in [-0.15, -0.1) is 0 Å². The van der Waals surface area contributed by atoms with E-state index in [1.165, 1.54) is 23.4 Å². The van der Waals surface area contributed by atoms with Gasteiger partial charge < -0.3 is 9.47 Å². The van der Waals surface area contributed by atoms with Crippen LogP contribution < -0.4 is 10.3 Å². The van der Waals surface area contributed by atoms with Gasteiger partial charge in [-0.2, -0.15) is 0 Å². The Labute approximate surface area is 189 Å². The van der Waals surface area contributed by atoms with Crippen molar-refractivity contribution in [3.05, 3.63) is 88.3 Å². The first kappa shape index (κ1) is 21.6. The van der Waals surface area contributed by atoms with Crippen LogP contribution in [0.5, 0.6) is 5.75 Å². The van der Waals surface area contributed by atoms with Gasteiger partial charge in [0.05, 0.1) is 30.2 Å². The van der Waals surface area contributed by atoms with E-state index >= 15 is 0 Å². The molecule has 0 fully saturated rings. The molecule has 0 atom stereocenters. The lowest BCUT2D eigenvalue weighted by molar-refractivity contribution is 0.0600. The lowest BCUT2D eigenvalue weighted by atomic mass is 10.2. The number of fused-ring (bicyclic) bond motifs is 1. The SMILES string of the molecule is COC(=O)c1cccc(OCCSc2nc3ccccc3c(=O)n2-c2ccc(C)cn2)c1. The lowest BCUT2D eigenvalue weighted by Gasteiger charge is -2.13. The molecule has 32 heavy (non-hydrogen) atoms. The first-order chi connectivity index (χ1) is 15.6. The van der Waals surface area contributed by atoms with Gasteiger partial charge in [-0.25, -0.2) is 19.3 Å². The van der Waals surface area contributed by atoms with Crippen molar-refractivity contribution in [3.63, 3.8) is 0 Å². The Morgan fingerprint density at radius 1 is 1.09 bits per heavy atom. The van der Waals surface area contributed by atoms with Gasteiger partial charge in [0.15, 0.2) is 5.16 Å². The van der Waals surface area contributed by atoms with Crippen molar-refractivity contribution in [1.29, 1.82) is 0 Å². The van der Waals surface area contributed by atoms with Crippen LogP contribution in [0.1, 0.15) is 15.9 Å². The number of pyridine rings is 1. The van der Waals surface area contributed by atoms with Crippen molar-refractivity contribution >= 4 is 28.6 Å². The standard InChI is InChI=1S/C24H21N3O4S/c1-16-10-11-21(25-15-16)27-22(28)19-8-3-4-9-20(19)26-24(27)32-13-12-31-18-7-5-6-17(14-18)23(29)30-2/h3-11,14-15H,12-13H2,1-2H3. The smallest absolute Gasteiger partial charge is 0.337 e. The Hall–Kier alpha value is -3.65. The normalized spacial score (nSPS) is 10.8. The summed E-state index contributed by atoms with van der Waals surface area (Å²) in [6.07, 6.45) is 1.73. The summed E-state index contributed by atoms with van der Waals surface area (Å²) >= 11 is 1.40. The Morgan fingerprint density at radius 2 is 1.94 bits per heavy atom. The number of nitrogens with zero attached hydrogens (tertiary/aromatic N) is 3. The Morgan fingerprint density at radius 3 is 2.72 bits per heavy atom. The molecule has 0 radical (unpaired) electrons. The van der Waals surface area contributed by atoms with Gasteiger partial charge in [0.2, 0.25) is 0 Å². The minimum Gasteiger partial charge on any atom is -0.493 e. The summed E-state index contributed by atoms with van der Waals surface area (Å²) in [7, 11) is 1.34. The molecule has 0 N–H and O–H groups in total. The molecule has 2 aromatic heterocycles. The molecule has 0 saturated carbocycles. The Balaban J connectivity index is 1.56. The molecule has 0 saturated heterocycles. The quantitative estimate of drug-likeness (QED) is 0.183. The van der Waals surface area contributed by atoms with E-state index in [-0.39, 0.29) is 5.56 Å². The molecule has 8 heteroatoms. The summed E-state index contributed by atoms with van der Waals surface area (Å²) < 4.78 is 12.1. The molecule has 162 valence electrons. The fourth-order valence-corrected chi connectivity index (χ4v) is 3.94. The number of hydrogen-bond donors (Lipinski definition) is 0. The highest BCUT2D eigenvalue weighted by molar-refractivity contribution is 7.99. The molecular formula is C24H21N3O4S. The van der Waals surface area contributed by atoms with Crippen molar-refractivity contribution in [2.75, 3.05) is 19.5 Å². The second kappa shape index (κ2) is 9.65. The first-order valence-electron chi connectivity index (χ1n) is 9.95. The fraction of sp³-hybridized carbons (Fsp3) is 0.167. The molecule has 0 unspecified atom stereocenters. The molecule has 0 amide bonds. The molecule has 4 rings (SSSR count). The summed E-state index contributed by atoms with van der Waals surface area (Å²) in [4.78, 5) is 34.0. The third kappa shape index (κ3) is 4.65. The number of methoxy groups -OCH3 is 1. The number of rotatable bonds is 7. The van der Waals surface area contributed by atoms with Crippen molar-refractivity contribution < 1.29 is 14.3 Å². The second-order valence-corrected chi connectivity index (χ2v) is 8.02. The predicted octanol–water partition coefficient (Wildman–Crippen LogP) is 4.05. The number of hydrogen-bond acceptors (Lipinski definition) is 7. The molecule has 4 aromatic rings. The molecule has 2 heterocycles. The Kier molecular flexibility index (Phi) is 6.51. The van der Waals surface area contributed by atoms with Gasteiger partial charge in [0, 0.05) is 11.9 Å². The van der Waals surface area contributed by atoms with Gasteiger partial charge in [-0.1, -0.05) is 36.0 Å². The van der Waals surface area contributed by atoms with Gasteiger partial charge >= 0.3 is 5.97 Å². The van der Waals surface area contributed by atoms with E-state index in [4.69, 9.17) is 14.5 Å². The molecule has 0 bridgehead atoms. The highest BCUT2D eigenvalue weighted by atomic mass is 32.2. The lowest BCUT2D eigenvalue weighted by Crippen LogP contribution is -2.23. The van der Waals surface area contributed by atoms with Crippen LogP contribution in [0.25, 0.3) is 16.7 Å². The number of ether oxygens (including phenoxy) is 2. The number of aromatic nitrogens is 3. The van der Waals surface area contributed by atoms with E-state index in [1.807, 2.05) is 37.3 Å². The minimum absolute atomic E-state index is 0.166. The number of para-hydroxylation sites is 1. The van der Waals surface area contributed by atoms with E-state index in [2.05, 4.69) is 4.98 Å². The van der Waals surface area contributed by atoms with E-state index in [1.54, 1.807) is 36.5 Å². The minimum atomic E-state index is -0.417. The number of esters is 1. The zero-order valence-electron chi connectivity index (χ0n) is 17.6. The van der Waals surface area contributed by atoms with Crippen LogP contribution in [0.2, 0.25) is 0 Å². The van der Waals surface area contributed by atoms with Crippen molar-refractivity contribution in [1.82, 2.24) is 14.5 Å². The first-order valence-corrected chi connectivity index (χ1v) is 10.9. The van der Waals surface area contributed by atoms with Crippen molar-refractivity contribution in [3.8, 4) is 11.6 Å². The molecule has 0 spiro atoms. The zero-order valence-corrected chi connectivity index (χ0v) is 18.5. The van der Waals surface area contributed by atoms with Crippen LogP contribution in [0.4, 0.5) is 0 Å². The highest BCUT2D eigenvalue weighted by Gasteiger charge is 2.14. The van der Waals surface area contributed by atoms with Crippen LogP contribution in [0, 0.1) is 6.92 Å². The van der Waals surface area contributed by atoms with E-state index < -0.39 is 5.97 Å². The zero-order chi connectivity index (χ0) is 22.5. The highest BCUT2D eigenvalue weighted by Crippen LogP contribution is 2.21. The van der Waals surface area contributed by atoms with Gasteiger partial charge in [-0.05, 0) is 48.9 Å². The van der Waals surface area contributed by atoms with Crippen molar-refractivity contribution in [2.24, 2.45) is 0 Å². The van der Waals surface area contributed by atoms with Crippen molar-refractivity contribution in [2.45, 2.75) is 12.1 Å². The maximum atomic E-state index is 13.2. The summed E-state index contributed by atoms with van der Waals surface area (Å²) in [5.41, 5.74) is 1.90. The summed E-state index contributed by atoms with van der Waals surface area (Å²) in [5.74, 6) is 1.21. The average molecular weight is 448 g/mol. The number of thioether (sulfide) groups is 1. The maximum absolute atomic E-state index is 13.2. The average Bonchev–Trinajstić information content (AvgIpc) is 2.82. The van der Waals surface area contributed by atoms with Crippen LogP contribution in [0.3, 0.4) is 0 Å². The topological polar surface area (TPSA) is 83.3 Å². The van der Waals surface area contributed by atoms with Gasteiger partial charge in [0.1, 0.15) is 11.6 Å². The van der Waals surface area contributed by atoms with Crippen LogP contribution in [-0.2, 0) is 4.74 Å². The van der Waals surface area contributed by atoms with Crippen LogP contribution in [0.15, 0.2) is 76.8 Å². The molecule has 0 aliphatic carbocycles.